The second kappa shape index (κ2) is 10.9. The van der Waals surface area contributed by atoms with Crippen molar-refractivity contribution in [1.29, 1.82) is 0 Å². The van der Waals surface area contributed by atoms with Crippen LogP contribution in [-0.2, 0) is 22.6 Å². The van der Waals surface area contributed by atoms with Gasteiger partial charge in [0.1, 0.15) is 11.9 Å². The summed E-state index contributed by atoms with van der Waals surface area (Å²) in [5, 5.41) is 7.08. The molecule has 0 saturated heterocycles. The predicted molar refractivity (Wildman–Crippen MR) is 127 cm³/mol. The molecule has 168 valence electrons. The van der Waals surface area contributed by atoms with Gasteiger partial charge in [0.15, 0.2) is 0 Å². The molecule has 1 aliphatic carbocycles. The van der Waals surface area contributed by atoms with Crippen molar-refractivity contribution >= 4 is 34.5 Å². The van der Waals surface area contributed by atoms with Gasteiger partial charge in [-0.1, -0.05) is 43.5 Å². The van der Waals surface area contributed by atoms with Crippen LogP contribution in [0, 0.1) is 5.82 Å². The highest BCUT2D eigenvalue weighted by Gasteiger charge is 2.33. The molecule has 1 saturated carbocycles. The number of hydrogen-bond acceptors (Lipinski definition) is 4. The number of rotatable bonds is 8. The van der Waals surface area contributed by atoms with Gasteiger partial charge in [-0.2, -0.15) is 0 Å². The molecule has 4 rings (SSSR count). The van der Waals surface area contributed by atoms with Crippen LogP contribution in [0.4, 0.5) is 4.39 Å². The van der Waals surface area contributed by atoms with E-state index in [-0.39, 0.29) is 36.6 Å². The number of hydrogen-bond donors (Lipinski definition) is 1. The molecule has 0 spiro atoms. The third-order valence-electron chi connectivity index (χ3n) is 5.82. The fourth-order valence-electron chi connectivity index (χ4n) is 4.17. The van der Waals surface area contributed by atoms with Gasteiger partial charge in [-0.25, -0.2) is 4.39 Å². The second-order valence-electron chi connectivity index (χ2n) is 8.17. The Morgan fingerprint density at radius 1 is 1.00 bits per heavy atom. The Kier molecular flexibility index (Phi) is 7.71. The molecular weight excluding hydrogens is 443 g/mol. The molecule has 3 aromatic rings. The Hall–Kier alpha value is -2.51. The third kappa shape index (κ3) is 5.84. The van der Waals surface area contributed by atoms with Crippen LogP contribution in [0.15, 0.2) is 59.3 Å². The Bertz CT molecular complexity index is 997. The minimum absolute atomic E-state index is 0.117. The highest BCUT2D eigenvalue weighted by atomic mass is 32.1. The molecule has 0 aliphatic heterocycles. The van der Waals surface area contributed by atoms with E-state index in [4.69, 9.17) is 0 Å². The van der Waals surface area contributed by atoms with E-state index in [1.54, 1.807) is 17.0 Å². The number of halogens is 1. The first-order valence-corrected chi connectivity index (χ1v) is 12.8. The van der Waals surface area contributed by atoms with Crippen molar-refractivity contribution in [3.05, 3.63) is 80.4 Å². The number of benzene rings is 1. The molecule has 0 bridgehead atoms. The van der Waals surface area contributed by atoms with Crippen LogP contribution in [0.3, 0.4) is 0 Å². The Morgan fingerprint density at radius 2 is 1.72 bits per heavy atom. The van der Waals surface area contributed by atoms with E-state index in [2.05, 4.69) is 5.32 Å². The topological polar surface area (TPSA) is 49.4 Å². The minimum Gasteiger partial charge on any atom is -0.351 e. The maximum atomic E-state index is 13.5. The van der Waals surface area contributed by atoms with Gasteiger partial charge in [0, 0.05) is 22.3 Å². The van der Waals surface area contributed by atoms with Gasteiger partial charge in [0.05, 0.1) is 6.42 Å². The summed E-state index contributed by atoms with van der Waals surface area (Å²) < 4.78 is 13.5. The lowest BCUT2D eigenvalue weighted by atomic mass is 9.95. The Balaban J connectivity index is 1.63. The van der Waals surface area contributed by atoms with Crippen LogP contribution in [0.25, 0.3) is 0 Å². The minimum atomic E-state index is -0.713. The fraction of sp³-hybridized carbons (Fsp3) is 0.360. The first kappa shape index (κ1) is 22.7. The standard InChI is InChI=1S/C25H27FN2O2S2/c26-19-12-10-18(11-13-19)17-28(23(29)16-21-8-4-14-31-21)24(22-9-5-15-32-22)25(30)27-20-6-2-1-3-7-20/h4-5,8-15,20,24H,1-3,6-7,16-17H2,(H,27,30). The van der Waals surface area contributed by atoms with Crippen molar-refractivity contribution in [2.75, 3.05) is 0 Å². The summed E-state index contributed by atoms with van der Waals surface area (Å²) in [7, 11) is 0. The zero-order valence-corrected chi connectivity index (χ0v) is 19.5. The maximum Gasteiger partial charge on any atom is 0.248 e. The normalized spacial score (nSPS) is 15.3. The monoisotopic (exact) mass is 470 g/mol. The molecule has 1 fully saturated rings. The van der Waals surface area contributed by atoms with Crippen molar-refractivity contribution in [3.63, 3.8) is 0 Å². The molecule has 1 atom stereocenters. The number of thiophene rings is 2. The number of amides is 2. The van der Waals surface area contributed by atoms with Gasteiger partial charge in [-0.3, -0.25) is 9.59 Å². The second-order valence-corrected chi connectivity index (χ2v) is 10.2. The number of carbonyl (C=O) groups excluding carboxylic acids is 2. The zero-order chi connectivity index (χ0) is 22.3. The van der Waals surface area contributed by atoms with Crippen LogP contribution in [0.1, 0.15) is 53.5 Å². The summed E-state index contributed by atoms with van der Waals surface area (Å²) in [5.41, 5.74) is 0.790. The molecular formula is C25H27FN2O2S2. The van der Waals surface area contributed by atoms with Crippen LogP contribution >= 0.6 is 22.7 Å². The smallest absolute Gasteiger partial charge is 0.248 e. The highest BCUT2D eigenvalue weighted by Crippen LogP contribution is 2.29. The third-order valence-corrected chi connectivity index (χ3v) is 7.62. The van der Waals surface area contributed by atoms with Crippen molar-refractivity contribution < 1.29 is 14.0 Å². The molecule has 2 aromatic heterocycles. The quantitative estimate of drug-likeness (QED) is 0.458. The first-order chi connectivity index (χ1) is 15.6. The van der Waals surface area contributed by atoms with E-state index in [0.717, 1.165) is 41.0 Å². The van der Waals surface area contributed by atoms with E-state index in [9.17, 15) is 14.0 Å². The molecule has 2 heterocycles. The van der Waals surface area contributed by atoms with Crippen LogP contribution in [-0.4, -0.2) is 22.8 Å². The molecule has 1 aromatic carbocycles. The van der Waals surface area contributed by atoms with Gasteiger partial charge >= 0.3 is 0 Å². The van der Waals surface area contributed by atoms with Gasteiger partial charge in [0.2, 0.25) is 11.8 Å². The lowest BCUT2D eigenvalue weighted by Crippen LogP contribution is -2.47. The van der Waals surface area contributed by atoms with E-state index >= 15 is 0 Å². The van der Waals surface area contributed by atoms with Crippen LogP contribution in [0.2, 0.25) is 0 Å². The summed E-state index contributed by atoms with van der Waals surface area (Å²) in [5.74, 6) is -0.579. The van der Waals surface area contributed by atoms with Gasteiger partial charge in [-0.15, -0.1) is 22.7 Å². The van der Waals surface area contributed by atoms with E-state index in [1.807, 2.05) is 35.0 Å². The molecule has 1 unspecified atom stereocenters. The highest BCUT2D eigenvalue weighted by molar-refractivity contribution is 7.10. The summed E-state index contributed by atoms with van der Waals surface area (Å²) in [6.45, 7) is 0.241. The molecule has 32 heavy (non-hydrogen) atoms. The van der Waals surface area contributed by atoms with Crippen molar-refractivity contribution in [1.82, 2.24) is 10.2 Å². The fourth-order valence-corrected chi connectivity index (χ4v) is 5.70. The lowest BCUT2D eigenvalue weighted by molar-refractivity contribution is -0.141. The van der Waals surface area contributed by atoms with Crippen molar-refractivity contribution in [2.24, 2.45) is 0 Å². The SMILES string of the molecule is O=C(NC1CCCCC1)C(c1cccs1)N(Cc1ccc(F)cc1)C(=O)Cc1cccs1. The first-order valence-electron chi connectivity index (χ1n) is 11.0. The molecule has 1 aliphatic rings. The molecule has 0 radical (unpaired) electrons. The largest absolute Gasteiger partial charge is 0.351 e. The Morgan fingerprint density at radius 3 is 2.38 bits per heavy atom. The van der Waals surface area contributed by atoms with E-state index in [0.29, 0.717) is 0 Å². The number of carbonyl (C=O) groups is 2. The van der Waals surface area contributed by atoms with Gasteiger partial charge in [0.25, 0.3) is 0 Å². The van der Waals surface area contributed by atoms with Gasteiger partial charge < -0.3 is 10.2 Å². The van der Waals surface area contributed by atoms with Crippen LogP contribution in [0.5, 0.6) is 0 Å². The molecule has 1 N–H and O–H groups in total. The lowest BCUT2D eigenvalue weighted by Gasteiger charge is -2.33. The Labute approximate surface area is 196 Å². The summed E-state index contributed by atoms with van der Waals surface area (Å²) in [4.78, 5) is 30.5. The van der Waals surface area contributed by atoms with Gasteiger partial charge in [-0.05, 0) is 53.4 Å². The van der Waals surface area contributed by atoms with E-state index in [1.165, 1.54) is 41.2 Å². The zero-order valence-electron chi connectivity index (χ0n) is 17.8. The molecule has 4 nitrogen and oxygen atoms in total. The van der Waals surface area contributed by atoms with Crippen molar-refractivity contribution in [3.8, 4) is 0 Å². The predicted octanol–water partition coefficient (Wildman–Crippen LogP) is 5.71. The average Bonchev–Trinajstić information content (AvgIpc) is 3.50. The number of nitrogens with one attached hydrogen (secondary N) is 1. The van der Waals surface area contributed by atoms with Crippen LogP contribution < -0.4 is 5.32 Å². The maximum absolute atomic E-state index is 13.5. The van der Waals surface area contributed by atoms with E-state index < -0.39 is 6.04 Å². The average molecular weight is 471 g/mol. The summed E-state index contributed by atoms with van der Waals surface area (Å²) in [6.07, 6.45) is 5.62. The molecule has 7 heteroatoms. The number of nitrogens with zero attached hydrogens (tertiary/aromatic N) is 1. The summed E-state index contributed by atoms with van der Waals surface area (Å²) >= 11 is 3.00. The van der Waals surface area contributed by atoms with Crippen molar-refractivity contribution in [2.45, 2.75) is 57.2 Å². The summed E-state index contributed by atoms with van der Waals surface area (Å²) in [6, 6.07) is 13.2. The molecule has 2 amide bonds.